The molecule has 3 atom stereocenters. The monoisotopic (exact) mass is 225 g/mol. The summed E-state index contributed by atoms with van der Waals surface area (Å²) in [6, 6.07) is 0. The SMILES string of the molecule is CC(Cl)c1ncc(C2C3CCCCC32)o1. The summed E-state index contributed by atoms with van der Waals surface area (Å²) in [5.74, 6) is 4.17. The molecular weight excluding hydrogens is 210 g/mol. The first-order chi connectivity index (χ1) is 7.27. The fourth-order valence-corrected chi connectivity index (χ4v) is 3.15. The molecule has 2 aliphatic carbocycles. The molecule has 2 fully saturated rings. The number of alkyl halides is 1. The van der Waals surface area contributed by atoms with Crippen molar-refractivity contribution in [2.45, 2.75) is 43.9 Å². The minimum atomic E-state index is -0.112. The van der Waals surface area contributed by atoms with Crippen LogP contribution in [0.1, 0.15) is 55.6 Å². The summed E-state index contributed by atoms with van der Waals surface area (Å²) >= 11 is 5.94. The second kappa shape index (κ2) is 3.51. The minimum absolute atomic E-state index is 0.112. The maximum atomic E-state index is 5.94. The number of nitrogens with zero attached hydrogens (tertiary/aromatic N) is 1. The third kappa shape index (κ3) is 1.59. The summed E-state index contributed by atoms with van der Waals surface area (Å²) in [5.41, 5.74) is 0. The van der Waals surface area contributed by atoms with E-state index in [9.17, 15) is 0 Å². The Morgan fingerprint density at radius 2 is 2.07 bits per heavy atom. The van der Waals surface area contributed by atoms with E-state index in [1.165, 1.54) is 25.7 Å². The molecule has 0 spiro atoms. The maximum Gasteiger partial charge on any atom is 0.212 e. The van der Waals surface area contributed by atoms with E-state index in [2.05, 4.69) is 4.98 Å². The molecule has 0 radical (unpaired) electrons. The first-order valence-electron chi connectivity index (χ1n) is 5.87. The number of oxazole rings is 1. The van der Waals surface area contributed by atoms with E-state index in [0.29, 0.717) is 11.8 Å². The molecule has 1 aromatic rings. The Kier molecular flexibility index (Phi) is 2.27. The molecule has 1 aromatic heterocycles. The van der Waals surface area contributed by atoms with Crippen molar-refractivity contribution < 1.29 is 4.42 Å². The molecule has 15 heavy (non-hydrogen) atoms. The predicted molar refractivity (Wildman–Crippen MR) is 59.0 cm³/mol. The quantitative estimate of drug-likeness (QED) is 0.714. The van der Waals surface area contributed by atoms with E-state index in [0.717, 1.165) is 17.6 Å². The van der Waals surface area contributed by atoms with Gasteiger partial charge in [-0.1, -0.05) is 12.8 Å². The van der Waals surface area contributed by atoms with Crippen LogP contribution in [0.3, 0.4) is 0 Å². The van der Waals surface area contributed by atoms with Gasteiger partial charge in [0.1, 0.15) is 11.1 Å². The Morgan fingerprint density at radius 3 is 2.60 bits per heavy atom. The molecule has 2 nitrogen and oxygen atoms in total. The molecule has 82 valence electrons. The van der Waals surface area contributed by atoms with E-state index in [1.807, 2.05) is 13.1 Å². The van der Waals surface area contributed by atoms with Crippen LogP contribution < -0.4 is 0 Å². The standard InChI is InChI=1S/C12H16ClNO/c1-7(13)12-14-6-10(15-12)11-8-4-2-3-5-9(8)11/h6-9,11H,2-5H2,1H3. The second-order valence-electron chi connectivity index (χ2n) is 4.85. The van der Waals surface area contributed by atoms with Crippen LogP contribution in [0.5, 0.6) is 0 Å². The lowest BCUT2D eigenvalue weighted by atomic mass is 10.0. The highest BCUT2D eigenvalue weighted by molar-refractivity contribution is 6.20. The number of fused-ring (bicyclic) bond motifs is 1. The molecule has 0 amide bonds. The largest absolute Gasteiger partial charge is 0.444 e. The van der Waals surface area contributed by atoms with Gasteiger partial charge in [0.15, 0.2) is 0 Å². The van der Waals surface area contributed by atoms with E-state index >= 15 is 0 Å². The van der Waals surface area contributed by atoms with Gasteiger partial charge in [-0.25, -0.2) is 4.98 Å². The van der Waals surface area contributed by atoms with Crippen LogP contribution in [0.4, 0.5) is 0 Å². The van der Waals surface area contributed by atoms with Crippen LogP contribution in [-0.4, -0.2) is 4.98 Å². The highest BCUT2D eigenvalue weighted by Crippen LogP contribution is 2.61. The molecule has 0 aromatic carbocycles. The number of aromatic nitrogens is 1. The van der Waals surface area contributed by atoms with Crippen molar-refractivity contribution in [3.63, 3.8) is 0 Å². The Hall–Kier alpha value is -0.500. The number of halogens is 1. The van der Waals surface area contributed by atoms with Gasteiger partial charge in [-0.15, -0.1) is 11.6 Å². The third-order valence-electron chi connectivity index (χ3n) is 3.87. The summed E-state index contributed by atoms with van der Waals surface area (Å²) in [4.78, 5) is 4.24. The van der Waals surface area contributed by atoms with Gasteiger partial charge in [0.25, 0.3) is 0 Å². The van der Waals surface area contributed by atoms with Crippen molar-refractivity contribution in [3.8, 4) is 0 Å². The van der Waals surface area contributed by atoms with Gasteiger partial charge in [0.05, 0.1) is 6.20 Å². The predicted octanol–water partition coefficient (Wildman–Crippen LogP) is 3.88. The lowest BCUT2D eigenvalue weighted by Gasteiger charge is -2.04. The number of rotatable bonds is 2. The smallest absolute Gasteiger partial charge is 0.212 e. The summed E-state index contributed by atoms with van der Waals surface area (Å²) in [6.07, 6.45) is 7.43. The summed E-state index contributed by atoms with van der Waals surface area (Å²) in [7, 11) is 0. The Morgan fingerprint density at radius 1 is 1.40 bits per heavy atom. The molecule has 0 N–H and O–H groups in total. The molecule has 3 rings (SSSR count). The van der Waals surface area contributed by atoms with Gasteiger partial charge in [-0.05, 0) is 31.6 Å². The highest BCUT2D eigenvalue weighted by atomic mass is 35.5. The number of hydrogen-bond acceptors (Lipinski definition) is 2. The zero-order valence-electron chi connectivity index (χ0n) is 8.95. The lowest BCUT2D eigenvalue weighted by Crippen LogP contribution is -1.91. The maximum absolute atomic E-state index is 5.94. The molecule has 3 unspecified atom stereocenters. The van der Waals surface area contributed by atoms with E-state index in [1.54, 1.807) is 0 Å². The molecule has 0 bridgehead atoms. The molecule has 3 heteroatoms. The van der Waals surface area contributed by atoms with E-state index in [-0.39, 0.29) is 5.38 Å². The minimum Gasteiger partial charge on any atom is -0.444 e. The molecule has 2 saturated carbocycles. The normalized spacial score (nSPS) is 36.0. The van der Waals surface area contributed by atoms with Crippen LogP contribution in [-0.2, 0) is 0 Å². The van der Waals surface area contributed by atoms with Gasteiger partial charge >= 0.3 is 0 Å². The van der Waals surface area contributed by atoms with Crippen LogP contribution in [0.2, 0.25) is 0 Å². The van der Waals surface area contributed by atoms with Crippen molar-refractivity contribution in [1.29, 1.82) is 0 Å². The average molecular weight is 226 g/mol. The van der Waals surface area contributed by atoms with Gasteiger partial charge in [-0.2, -0.15) is 0 Å². The zero-order chi connectivity index (χ0) is 10.4. The van der Waals surface area contributed by atoms with Crippen molar-refractivity contribution in [1.82, 2.24) is 4.98 Å². The number of hydrogen-bond donors (Lipinski definition) is 0. The van der Waals surface area contributed by atoms with Gasteiger partial charge in [-0.3, -0.25) is 0 Å². The van der Waals surface area contributed by atoms with Gasteiger partial charge in [0, 0.05) is 5.92 Å². The van der Waals surface area contributed by atoms with Gasteiger partial charge < -0.3 is 4.42 Å². The summed E-state index contributed by atoms with van der Waals surface area (Å²) < 4.78 is 5.72. The Balaban J connectivity index is 1.77. The van der Waals surface area contributed by atoms with Crippen molar-refractivity contribution in [2.75, 3.05) is 0 Å². The Labute approximate surface area is 95.0 Å². The summed E-state index contributed by atoms with van der Waals surface area (Å²) in [6.45, 7) is 1.90. The zero-order valence-corrected chi connectivity index (χ0v) is 9.70. The van der Waals surface area contributed by atoms with Crippen molar-refractivity contribution >= 4 is 11.6 Å². The molecule has 0 saturated heterocycles. The van der Waals surface area contributed by atoms with Crippen molar-refractivity contribution in [2.24, 2.45) is 11.8 Å². The fourth-order valence-electron chi connectivity index (χ4n) is 3.05. The second-order valence-corrected chi connectivity index (χ2v) is 5.51. The third-order valence-corrected chi connectivity index (χ3v) is 4.05. The van der Waals surface area contributed by atoms with Crippen LogP contribution >= 0.6 is 11.6 Å². The van der Waals surface area contributed by atoms with E-state index in [4.69, 9.17) is 16.0 Å². The first-order valence-corrected chi connectivity index (χ1v) is 6.30. The lowest BCUT2D eigenvalue weighted by molar-refractivity contribution is 0.448. The highest BCUT2D eigenvalue weighted by Gasteiger charge is 2.53. The van der Waals surface area contributed by atoms with Crippen LogP contribution in [0.25, 0.3) is 0 Å². The molecule has 2 aliphatic rings. The molecule has 0 aliphatic heterocycles. The molecular formula is C12H16ClNO. The van der Waals surface area contributed by atoms with Gasteiger partial charge in [0.2, 0.25) is 5.89 Å². The van der Waals surface area contributed by atoms with Crippen molar-refractivity contribution in [3.05, 3.63) is 17.8 Å². The topological polar surface area (TPSA) is 26.0 Å². The summed E-state index contributed by atoms with van der Waals surface area (Å²) in [5, 5.41) is -0.112. The van der Waals surface area contributed by atoms with Crippen LogP contribution in [0.15, 0.2) is 10.6 Å². The average Bonchev–Trinajstić information content (AvgIpc) is 2.75. The molecule has 1 heterocycles. The first kappa shape index (κ1) is 9.71. The van der Waals surface area contributed by atoms with Crippen LogP contribution in [0, 0.1) is 11.8 Å². The van der Waals surface area contributed by atoms with E-state index < -0.39 is 0 Å². The Bertz CT molecular complexity index is 348. The fraction of sp³-hybridized carbons (Fsp3) is 0.750.